The Hall–Kier alpha value is -2.40. The van der Waals surface area contributed by atoms with Gasteiger partial charge in [-0.05, 0) is 42.5 Å². The molecular weight excluding hydrogens is 302 g/mol. The molecule has 24 heavy (non-hydrogen) atoms. The average Bonchev–Trinajstić information content (AvgIpc) is 3.45. The standard InChI is InChI=1S/C19H23N3O2/c1-14(21-19(24)22(11-12-23)18-8-9-18)15-4-6-16(7-5-15)17-3-2-10-20-13-17/h2-7,10,13-14,18,23H,8-9,11-12H2,1H3,(H,21,24). The molecule has 2 amide bonds. The Balaban J connectivity index is 1.64. The summed E-state index contributed by atoms with van der Waals surface area (Å²) in [5.41, 5.74) is 3.23. The van der Waals surface area contributed by atoms with Crippen molar-refractivity contribution in [3.63, 3.8) is 0 Å². The van der Waals surface area contributed by atoms with E-state index in [-0.39, 0.29) is 24.7 Å². The van der Waals surface area contributed by atoms with Crippen molar-refractivity contribution in [1.29, 1.82) is 0 Å². The van der Waals surface area contributed by atoms with Crippen LogP contribution in [0.5, 0.6) is 0 Å². The fraction of sp³-hybridized carbons (Fsp3) is 0.368. The van der Waals surface area contributed by atoms with E-state index in [0.29, 0.717) is 6.54 Å². The van der Waals surface area contributed by atoms with Gasteiger partial charge in [0.2, 0.25) is 0 Å². The highest BCUT2D eigenvalue weighted by atomic mass is 16.3. The summed E-state index contributed by atoms with van der Waals surface area (Å²) in [7, 11) is 0. The summed E-state index contributed by atoms with van der Waals surface area (Å²) in [5.74, 6) is 0. The molecule has 1 atom stereocenters. The van der Waals surface area contributed by atoms with Crippen LogP contribution in [0.2, 0.25) is 0 Å². The molecule has 126 valence electrons. The van der Waals surface area contributed by atoms with E-state index in [0.717, 1.165) is 29.5 Å². The Labute approximate surface area is 142 Å². The number of nitrogens with one attached hydrogen (secondary N) is 1. The summed E-state index contributed by atoms with van der Waals surface area (Å²) in [4.78, 5) is 18.3. The van der Waals surface area contributed by atoms with Crippen LogP contribution >= 0.6 is 0 Å². The van der Waals surface area contributed by atoms with Gasteiger partial charge in [0.15, 0.2) is 0 Å². The second-order valence-electron chi connectivity index (χ2n) is 6.18. The van der Waals surface area contributed by atoms with E-state index in [2.05, 4.69) is 10.3 Å². The Bertz CT molecular complexity index is 669. The number of aliphatic hydroxyl groups excluding tert-OH is 1. The molecule has 0 bridgehead atoms. The normalized spacial score (nSPS) is 14.9. The number of benzene rings is 1. The number of amides is 2. The molecular formula is C19H23N3O2. The predicted molar refractivity (Wildman–Crippen MR) is 93.4 cm³/mol. The van der Waals surface area contributed by atoms with Gasteiger partial charge in [-0.15, -0.1) is 0 Å². The molecule has 1 aromatic heterocycles. The molecule has 0 radical (unpaired) electrons. The van der Waals surface area contributed by atoms with Crippen molar-refractivity contribution in [2.24, 2.45) is 0 Å². The molecule has 3 rings (SSSR count). The molecule has 0 saturated heterocycles. The number of nitrogens with zero attached hydrogens (tertiary/aromatic N) is 2. The van der Waals surface area contributed by atoms with Crippen LogP contribution in [0.25, 0.3) is 11.1 Å². The molecule has 2 aromatic rings. The minimum atomic E-state index is -0.101. The topological polar surface area (TPSA) is 65.5 Å². The predicted octanol–water partition coefficient (Wildman–Crippen LogP) is 2.98. The second kappa shape index (κ2) is 7.45. The van der Waals surface area contributed by atoms with E-state index in [1.54, 1.807) is 11.1 Å². The highest BCUT2D eigenvalue weighted by molar-refractivity contribution is 5.75. The van der Waals surface area contributed by atoms with Crippen molar-refractivity contribution in [2.45, 2.75) is 31.8 Å². The lowest BCUT2D eigenvalue weighted by Gasteiger charge is -2.24. The number of carbonyl (C=O) groups is 1. The summed E-state index contributed by atoms with van der Waals surface area (Å²) in [6, 6.07) is 12.2. The summed E-state index contributed by atoms with van der Waals surface area (Å²) < 4.78 is 0. The third kappa shape index (κ3) is 3.92. The Morgan fingerprint density at radius 2 is 2.04 bits per heavy atom. The first-order valence-electron chi connectivity index (χ1n) is 8.37. The molecule has 0 aliphatic heterocycles. The van der Waals surface area contributed by atoms with Gasteiger partial charge in [-0.3, -0.25) is 4.98 Å². The van der Waals surface area contributed by atoms with Crippen LogP contribution in [0, 0.1) is 0 Å². The minimum Gasteiger partial charge on any atom is -0.395 e. The highest BCUT2D eigenvalue weighted by Gasteiger charge is 2.32. The van der Waals surface area contributed by atoms with Crippen molar-refractivity contribution in [2.75, 3.05) is 13.2 Å². The largest absolute Gasteiger partial charge is 0.395 e. The number of pyridine rings is 1. The molecule has 1 aromatic carbocycles. The van der Waals surface area contributed by atoms with Gasteiger partial charge in [0, 0.05) is 25.0 Å². The van der Waals surface area contributed by atoms with Gasteiger partial charge in [-0.1, -0.05) is 30.3 Å². The summed E-state index contributed by atoms with van der Waals surface area (Å²) in [6.45, 7) is 2.36. The lowest BCUT2D eigenvalue weighted by Crippen LogP contribution is -2.43. The first kappa shape index (κ1) is 16.5. The molecule has 2 N–H and O–H groups in total. The SMILES string of the molecule is CC(NC(=O)N(CCO)C1CC1)c1ccc(-c2cccnc2)cc1. The molecule has 1 aliphatic carbocycles. The summed E-state index contributed by atoms with van der Waals surface area (Å²) in [5, 5.41) is 12.2. The van der Waals surface area contributed by atoms with Gasteiger partial charge < -0.3 is 15.3 Å². The summed E-state index contributed by atoms with van der Waals surface area (Å²) in [6.07, 6.45) is 5.65. The molecule has 5 nitrogen and oxygen atoms in total. The maximum atomic E-state index is 12.4. The number of aromatic nitrogens is 1. The molecule has 1 saturated carbocycles. The van der Waals surface area contributed by atoms with Gasteiger partial charge >= 0.3 is 6.03 Å². The molecule has 1 unspecified atom stereocenters. The number of carbonyl (C=O) groups excluding carboxylic acids is 1. The Morgan fingerprint density at radius 1 is 1.29 bits per heavy atom. The second-order valence-corrected chi connectivity index (χ2v) is 6.18. The maximum absolute atomic E-state index is 12.4. The molecule has 5 heteroatoms. The zero-order valence-electron chi connectivity index (χ0n) is 13.9. The van der Waals surface area contributed by atoms with Crippen LogP contribution in [0.3, 0.4) is 0 Å². The monoisotopic (exact) mass is 325 g/mol. The van der Waals surface area contributed by atoms with Gasteiger partial charge in [0.25, 0.3) is 0 Å². The number of hydrogen-bond acceptors (Lipinski definition) is 3. The van der Waals surface area contributed by atoms with E-state index >= 15 is 0 Å². The van der Waals surface area contributed by atoms with Crippen molar-refractivity contribution >= 4 is 6.03 Å². The molecule has 0 spiro atoms. The van der Waals surface area contributed by atoms with E-state index in [9.17, 15) is 4.79 Å². The maximum Gasteiger partial charge on any atom is 0.318 e. The summed E-state index contributed by atoms with van der Waals surface area (Å²) >= 11 is 0. The van der Waals surface area contributed by atoms with E-state index < -0.39 is 0 Å². The molecule has 1 aliphatic rings. The van der Waals surface area contributed by atoms with Gasteiger partial charge in [0.1, 0.15) is 0 Å². The lowest BCUT2D eigenvalue weighted by atomic mass is 10.0. The van der Waals surface area contributed by atoms with Crippen LogP contribution in [0.15, 0.2) is 48.8 Å². The van der Waals surface area contributed by atoms with Gasteiger partial charge in [-0.2, -0.15) is 0 Å². The van der Waals surface area contributed by atoms with Gasteiger partial charge in [0.05, 0.1) is 12.6 Å². The zero-order valence-corrected chi connectivity index (χ0v) is 13.9. The van der Waals surface area contributed by atoms with Crippen LogP contribution in [-0.2, 0) is 0 Å². The van der Waals surface area contributed by atoms with E-state index in [4.69, 9.17) is 5.11 Å². The number of urea groups is 1. The third-order valence-corrected chi connectivity index (χ3v) is 4.33. The van der Waals surface area contributed by atoms with Crippen molar-refractivity contribution in [1.82, 2.24) is 15.2 Å². The lowest BCUT2D eigenvalue weighted by molar-refractivity contribution is 0.171. The number of hydrogen-bond donors (Lipinski definition) is 2. The minimum absolute atomic E-state index is 0.00188. The average molecular weight is 325 g/mol. The molecule has 1 heterocycles. The quantitative estimate of drug-likeness (QED) is 0.858. The Kier molecular flexibility index (Phi) is 5.11. The van der Waals surface area contributed by atoms with Crippen LogP contribution in [-0.4, -0.2) is 40.2 Å². The number of rotatable bonds is 6. The van der Waals surface area contributed by atoms with Crippen LogP contribution in [0.1, 0.15) is 31.4 Å². The highest BCUT2D eigenvalue weighted by Crippen LogP contribution is 2.27. The van der Waals surface area contributed by atoms with E-state index in [1.165, 1.54) is 0 Å². The van der Waals surface area contributed by atoms with Crippen LogP contribution < -0.4 is 5.32 Å². The van der Waals surface area contributed by atoms with Crippen molar-refractivity contribution in [3.8, 4) is 11.1 Å². The van der Waals surface area contributed by atoms with Gasteiger partial charge in [-0.25, -0.2) is 4.79 Å². The Morgan fingerprint density at radius 3 is 2.62 bits per heavy atom. The first-order valence-corrected chi connectivity index (χ1v) is 8.37. The van der Waals surface area contributed by atoms with Crippen molar-refractivity contribution in [3.05, 3.63) is 54.4 Å². The fourth-order valence-electron chi connectivity index (χ4n) is 2.79. The van der Waals surface area contributed by atoms with Crippen molar-refractivity contribution < 1.29 is 9.90 Å². The smallest absolute Gasteiger partial charge is 0.318 e. The van der Waals surface area contributed by atoms with Crippen LogP contribution in [0.4, 0.5) is 4.79 Å². The molecule has 1 fully saturated rings. The zero-order chi connectivity index (χ0) is 16.9. The first-order chi connectivity index (χ1) is 11.7. The number of aliphatic hydroxyl groups is 1. The fourth-order valence-corrected chi connectivity index (χ4v) is 2.79. The third-order valence-electron chi connectivity index (χ3n) is 4.33. The van der Waals surface area contributed by atoms with E-state index in [1.807, 2.05) is 49.5 Å².